The first-order chi connectivity index (χ1) is 13.4. The number of rotatable bonds is 7. The van der Waals surface area contributed by atoms with Crippen molar-refractivity contribution in [3.05, 3.63) is 33.1 Å². The molecule has 0 amide bonds. The molecule has 2 fully saturated rings. The summed E-state index contributed by atoms with van der Waals surface area (Å²) in [5, 5.41) is 21.3. The van der Waals surface area contributed by atoms with Gasteiger partial charge < -0.3 is 34.5 Å². The second-order valence-corrected chi connectivity index (χ2v) is 10.9. The van der Waals surface area contributed by atoms with E-state index in [1.807, 2.05) is 4.98 Å². The van der Waals surface area contributed by atoms with Gasteiger partial charge in [0.2, 0.25) is 0 Å². The molecule has 1 aliphatic carbocycles. The van der Waals surface area contributed by atoms with Gasteiger partial charge in [0.1, 0.15) is 17.8 Å². The molecule has 20 heteroatoms. The molecule has 1 saturated heterocycles. The molecule has 2 aliphatic rings. The molecule has 17 nitrogen and oxygen atoms in total. The SMILES string of the molecule is C[C@]1(O)C(n2ccc(=O)[nH]c2=O)O[C@@H]2C(OP(=O)(O)OP(=O)(O)OP(=O)(O)O)[C@@]21O. The molecule has 2 heterocycles. The van der Waals surface area contributed by atoms with Crippen LogP contribution in [0.3, 0.4) is 0 Å². The Labute approximate surface area is 164 Å². The average Bonchev–Trinajstić information content (AvgIpc) is 2.97. The summed E-state index contributed by atoms with van der Waals surface area (Å²) in [6, 6.07) is 0.929. The normalized spacial score (nSPS) is 37.2. The second kappa shape index (κ2) is 6.98. The summed E-state index contributed by atoms with van der Waals surface area (Å²) >= 11 is 0. The molecule has 0 radical (unpaired) electrons. The number of H-pyrrole nitrogens is 1. The summed E-state index contributed by atoms with van der Waals surface area (Å²) in [4.78, 5) is 60.6. The maximum absolute atomic E-state index is 11.9. The van der Waals surface area contributed by atoms with E-state index >= 15 is 0 Å². The highest BCUT2D eigenvalue weighted by Gasteiger charge is 2.84. The van der Waals surface area contributed by atoms with Crippen molar-refractivity contribution in [3.63, 3.8) is 0 Å². The molecule has 1 aromatic rings. The van der Waals surface area contributed by atoms with Gasteiger partial charge in [-0.1, -0.05) is 0 Å². The lowest BCUT2D eigenvalue weighted by Gasteiger charge is -2.33. The van der Waals surface area contributed by atoms with Gasteiger partial charge >= 0.3 is 29.2 Å². The summed E-state index contributed by atoms with van der Waals surface area (Å²) < 4.78 is 51.4. The van der Waals surface area contributed by atoms with Crippen molar-refractivity contribution >= 4 is 23.5 Å². The van der Waals surface area contributed by atoms with E-state index in [0.29, 0.717) is 0 Å². The molecular weight excluding hydrogens is 481 g/mol. The lowest BCUT2D eigenvalue weighted by molar-refractivity contribution is -0.158. The average molecular weight is 496 g/mol. The summed E-state index contributed by atoms with van der Waals surface area (Å²) in [6.07, 6.45) is -3.97. The van der Waals surface area contributed by atoms with E-state index in [2.05, 4.69) is 13.1 Å². The molecule has 170 valence electrons. The Bertz CT molecular complexity index is 1120. The number of aromatic nitrogens is 2. The molecule has 7 N–H and O–H groups in total. The fourth-order valence-corrected chi connectivity index (χ4v) is 6.28. The maximum Gasteiger partial charge on any atom is 0.490 e. The highest BCUT2D eigenvalue weighted by Crippen LogP contribution is 2.70. The van der Waals surface area contributed by atoms with Gasteiger partial charge in [0, 0.05) is 12.3 Å². The standard InChI is InChI=1S/C10H15N2O15P3/c1-9(15)7(12-3-2-4(13)11-8(12)14)24-5-6(10(5,9)16)25-29(20,21)27-30(22,23)26-28(17,18)19/h2-3,5-7,15-16H,1H3,(H,20,21)(H,22,23)(H,11,13,14)(H2,17,18,19)/t5-,6?,7?,9+,10+/m1/s1. The topological polar surface area (TPSA) is 264 Å². The number of hydrogen-bond donors (Lipinski definition) is 7. The third-order valence-electron chi connectivity index (χ3n) is 4.37. The highest BCUT2D eigenvalue weighted by atomic mass is 31.3. The molecule has 1 aromatic heterocycles. The van der Waals surface area contributed by atoms with E-state index in [9.17, 15) is 38.4 Å². The van der Waals surface area contributed by atoms with Crippen LogP contribution in [0.1, 0.15) is 13.2 Å². The monoisotopic (exact) mass is 496 g/mol. The van der Waals surface area contributed by atoms with Gasteiger partial charge in [-0.15, -0.1) is 0 Å². The highest BCUT2D eigenvalue weighted by molar-refractivity contribution is 7.66. The molecule has 1 saturated carbocycles. The van der Waals surface area contributed by atoms with Crippen molar-refractivity contribution < 1.29 is 61.4 Å². The maximum atomic E-state index is 11.9. The summed E-state index contributed by atoms with van der Waals surface area (Å²) in [7, 11) is -17.0. The zero-order chi connectivity index (χ0) is 22.9. The van der Waals surface area contributed by atoms with Crippen LogP contribution in [0.5, 0.6) is 0 Å². The molecule has 0 bridgehead atoms. The zero-order valence-electron chi connectivity index (χ0n) is 14.5. The number of nitrogens with one attached hydrogen (secondary N) is 1. The predicted octanol–water partition coefficient (Wildman–Crippen LogP) is -2.36. The first-order valence-electron chi connectivity index (χ1n) is 7.63. The van der Waals surface area contributed by atoms with Gasteiger partial charge in [-0.05, 0) is 6.92 Å². The van der Waals surface area contributed by atoms with Crippen LogP contribution in [0, 0.1) is 0 Å². The minimum Gasteiger partial charge on any atom is -0.382 e. The first-order valence-corrected chi connectivity index (χ1v) is 12.2. The van der Waals surface area contributed by atoms with Crippen LogP contribution in [0.15, 0.2) is 21.9 Å². The first kappa shape index (κ1) is 23.6. The van der Waals surface area contributed by atoms with E-state index in [1.54, 1.807) is 0 Å². The van der Waals surface area contributed by atoms with E-state index in [0.717, 1.165) is 23.8 Å². The lowest BCUT2D eigenvalue weighted by atomic mass is 9.95. The van der Waals surface area contributed by atoms with Crippen molar-refractivity contribution in [3.8, 4) is 0 Å². The Kier molecular flexibility index (Phi) is 5.50. The van der Waals surface area contributed by atoms with Gasteiger partial charge in [-0.2, -0.15) is 8.62 Å². The summed E-state index contributed by atoms with van der Waals surface area (Å²) in [6.45, 7) is 0.982. The molecule has 30 heavy (non-hydrogen) atoms. The van der Waals surface area contributed by atoms with Gasteiger partial charge in [0.25, 0.3) is 5.56 Å². The van der Waals surface area contributed by atoms with Crippen LogP contribution < -0.4 is 11.2 Å². The van der Waals surface area contributed by atoms with E-state index < -0.39 is 64.4 Å². The molecule has 0 aromatic carbocycles. The molecule has 3 rings (SSSR count). The van der Waals surface area contributed by atoms with Gasteiger partial charge in [-0.3, -0.25) is 18.9 Å². The van der Waals surface area contributed by atoms with Crippen LogP contribution in [0.4, 0.5) is 0 Å². The molecular formula is C10H15N2O15P3. The van der Waals surface area contributed by atoms with Crippen molar-refractivity contribution in [1.29, 1.82) is 0 Å². The van der Waals surface area contributed by atoms with Crippen LogP contribution in [0.25, 0.3) is 0 Å². The number of hydrogen-bond acceptors (Lipinski definition) is 11. The second-order valence-electron chi connectivity index (χ2n) is 6.52. The Balaban J connectivity index is 1.77. The van der Waals surface area contributed by atoms with Crippen molar-refractivity contribution in [2.75, 3.05) is 0 Å². The lowest BCUT2D eigenvalue weighted by Crippen LogP contribution is -2.51. The third kappa shape index (κ3) is 4.18. The van der Waals surface area contributed by atoms with E-state index in [1.165, 1.54) is 0 Å². The number of phosphoric ester groups is 1. The third-order valence-corrected chi connectivity index (χ3v) is 8.19. The quantitative estimate of drug-likeness (QED) is 0.195. The fraction of sp³-hybridized carbons (Fsp3) is 0.600. The van der Waals surface area contributed by atoms with Crippen LogP contribution in [-0.4, -0.2) is 62.7 Å². The molecule has 4 unspecified atom stereocenters. The van der Waals surface area contributed by atoms with Gasteiger partial charge in [0.15, 0.2) is 11.8 Å². The molecule has 1 aliphatic heterocycles. The van der Waals surface area contributed by atoms with Crippen molar-refractivity contribution in [2.45, 2.75) is 36.6 Å². The van der Waals surface area contributed by atoms with Crippen LogP contribution in [-0.2, 0) is 31.6 Å². The molecule has 0 spiro atoms. The number of aromatic amines is 1. The van der Waals surface area contributed by atoms with E-state index in [-0.39, 0.29) is 0 Å². The fourth-order valence-electron chi connectivity index (χ4n) is 3.06. The Morgan fingerprint density at radius 3 is 2.17 bits per heavy atom. The van der Waals surface area contributed by atoms with Crippen LogP contribution >= 0.6 is 23.5 Å². The number of phosphoric acid groups is 3. The Morgan fingerprint density at radius 2 is 1.70 bits per heavy atom. The smallest absolute Gasteiger partial charge is 0.382 e. The predicted molar refractivity (Wildman–Crippen MR) is 89.5 cm³/mol. The molecule has 7 atom stereocenters. The van der Waals surface area contributed by atoms with Gasteiger partial charge in [0.05, 0.1) is 0 Å². The Hall–Kier alpha value is -1.03. The number of ether oxygens (including phenoxy) is 1. The number of aliphatic hydroxyl groups is 2. The van der Waals surface area contributed by atoms with Gasteiger partial charge in [-0.25, -0.2) is 18.5 Å². The number of nitrogens with zero attached hydrogens (tertiary/aromatic N) is 1. The number of fused-ring (bicyclic) bond motifs is 1. The summed E-state index contributed by atoms with van der Waals surface area (Å²) in [5.74, 6) is 0. The minimum absolute atomic E-state index is 0.730. The Morgan fingerprint density at radius 1 is 1.10 bits per heavy atom. The van der Waals surface area contributed by atoms with Crippen LogP contribution in [0.2, 0.25) is 0 Å². The largest absolute Gasteiger partial charge is 0.490 e. The minimum atomic E-state index is -5.78. The van der Waals surface area contributed by atoms with E-state index in [4.69, 9.17) is 19.4 Å². The summed E-state index contributed by atoms with van der Waals surface area (Å²) in [5.41, 5.74) is -6.51. The van der Waals surface area contributed by atoms with Crippen molar-refractivity contribution in [2.24, 2.45) is 0 Å². The zero-order valence-corrected chi connectivity index (χ0v) is 17.2. The van der Waals surface area contributed by atoms with Crippen molar-refractivity contribution in [1.82, 2.24) is 9.55 Å².